The van der Waals surface area contributed by atoms with Gasteiger partial charge in [-0.1, -0.05) is 31.5 Å². The molecule has 0 saturated heterocycles. The molecule has 0 unspecified atom stereocenters. The van der Waals surface area contributed by atoms with Crippen LogP contribution >= 0.6 is 23.1 Å². The Labute approximate surface area is 179 Å². The van der Waals surface area contributed by atoms with Gasteiger partial charge in [-0.25, -0.2) is 4.98 Å². The van der Waals surface area contributed by atoms with Crippen molar-refractivity contribution < 1.29 is 9.53 Å². The molecule has 1 N–H and O–H groups in total. The average molecular weight is 436 g/mol. The van der Waals surface area contributed by atoms with Crippen LogP contribution in [-0.2, 0) is 28.9 Å². The molecule has 1 fully saturated rings. The smallest absolute Gasteiger partial charge is 0.263 e. The fourth-order valence-corrected chi connectivity index (χ4v) is 6.60. The number of thioether (sulfide) groups is 1. The summed E-state index contributed by atoms with van der Waals surface area (Å²) in [4.78, 5) is 32.7. The fourth-order valence-electron chi connectivity index (χ4n) is 4.46. The second-order valence-corrected chi connectivity index (χ2v) is 10.1. The molecule has 2 aliphatic carbocycles. The second-order valence-electron chi connectivity index (χ2n) is 8.11. The number of hydrogen-bond acceptors (Lipinski definition) is 6. The van der Waals surface area contributed by atoms with E-state index in [9.17, 15) is 9.59 Å². The molecule has 0 spiro atoms. The minimum atomic E-state index is 0.00950. The summed E-state index contributed by atoms with van der Waals surface area (Å²) in [6.45, 7) is 3.11. The molecule has 2 heterocycles. The quantitative estimate of drug-likeness (QED) is 0.533. The average Bonchev–Trinajstić information content (AvgIpc) is 3.28. The van der Waals surface area contributed by atoms with Gasteiger partial charge in [-0.15, -0.1) is 11.3 Å². The lowest BCUT2D eigenvalue weighted by molar-refractivity contribution is -0.119. The summed E-state index contributed by atoms with van der Waals surface area (Å²) in [6.07, 6.45) is 7.79. The van der Waals surface area contributed by atoms with Crippen molar-refractivity contribution in [1.82, 2.24) is 14.9 Å². The van der Waals surface area contributed by atoms with E-state index < -0.39 is 0 Å². The first-order valence-electron chi connectivity index (χ1n) is 10.5. The lowest BCUT2D eigenvalue weighted by Gasteiger charge is -2.29. The topological polar surface area (TPSA) is 73.2 Å². The Bertz CT molecular complexity index is 953. The molecule has 1 saturated carbocycles. The van der Waals surface area contributed by atoms with Crippen molar-refractivity contribution in [2.45, 2.75) is 69.6 Å². The first-order chi connectivity index (χ1) is 14.1. The van der Waals surface area contributed by atoms with E-state index in [0.29, 0.717) is 24.2 Å². The second kappa shape index (κ2) is 9.18. The van der Waals surface area contributed by atoms with Crippen molar-refractivity contribution in [3.63, 3.8) is 0 Å². The third kappa shape index (κ3) is 4.39. The van der Waals surface area contributed by atoms with Gasteiger partial charge in [0.1, 0.15) is 4.83 Å². The largest absolute Gasteiger partial charge is 0.383 e. The Hall–Kier alpha value is -1.38. The van der Waals surface area contributed by atoms with Crippen LogP contribution in [0.3, 0.4) is 0 Å². The van der Waals surface area contributed by atoms with Crippen LogP contribution in [0.25, 0.3) is 10.2 Å². The monoisotopic (exact) mass is 435 g/mol. The van der Waals surface area contributed by atoms with Crippen molar-refractivity contribution in [1.29, 1.82) is 0 Å². The maximum absolute atomic E-state index is 13.2. The molecule has 4 rings (SSSR count). The highest BCUT2D eigenvalue weighted by Gasteiger charge is 2.25. The van der Waals surface area contributed by atoms with E-state index in [-0.39, 0.29) is 23.3 Å². The van der Waals surface area contributed by atoms with Crippen LogP contribution in [0.1, 0.15) is 49.5 Å². The van der Waals surface area contributed by atoms with E-state index in [1.807, 2.05) is 0 Å². The number of nitrogens with one attached hydrogen (secondary N) is 1. The third-order valence-corrected chi connectivity index (χ3v) is 8.26. The number of ether oxygens (including phenoxy) is 1. The Kier molecular flexibility index (Phi) is 6.61. The first kappa shape index (κ1) is 20.9. The minimum absolute atomic E-state index is 0.00950. The number of aromatic nitrogens is 2. The highest BCUT2D eigenvalue weighted by Crippen LogP contribution is 2.35. The summed E-state index contributed by atoms with van der Waals surface area (Å²) in [5, 5.41) is 4.59. The van der Waals surface area contributed by atoms with E-state index in [2.05, 4.69) is 12.2 Å². The summed E-state index contributed by atoms with van der Waals surface area (Å²) < 4.78 is 6.90. The molecule has 0 aliphatic heterocycles. The number of thiophene rings is 1. The molecule has 29 heavy (non-hydrogen) atoms. The molecule has 0 radical (unpaired) electrons. The van der Waals surface area contributed by atoms with Crippen molar-refractivity contribution in [2.75, 3.05) is 19.5 Å². The van der Waals surface area contributed by atoms with Crippen LogP contribution in [0.15, 0.2) is 9.95 Å². The summed E-state index contributed by atoms with van der Waals surface area (Å²) in [7, 11) is 1.63. The lowest BCUT2D eigenvalue weighted by atomic mass is 9.86. The van der Waals surface area contributed by atoms with Gasteiger partial charge < -0.3 is 10.1 Å². The zero-order valence-corrected chi connectivity index (χ0v) is 18.8. The molecule has 0 bridgehead atoms. The molecular formula is C21H29N3O3S2. The van der Waals surface area contributed by atoms with Crippen molar-refractivity contribution in [3.8, 4) is 0 Å². The van der Waals surface area contributed by atoms with E-state index >= 15 is 0 Å². The lowest BCUT2D eigenvalue weighted by Crippen LogP contribution is -2.42. The van der Waals surface area contributed by atoms with Crippen molar-refractivity contribution in [3.05, 3.63) is 20.8 Å². The highest BCUT2D eigenvalue weighted by molar-refractivity contribution is 7.99. The van der Waals surface area contributed by atoms with Gasteiger partial charge in [-0.05, 0) is 43.6 Å². The fraction of sp³-hybridized carbons (Fsp3) is 0.667. The van der Waals surface area contributed by atoms with E-state index in [1.165, 1.54) is 41.5 Å². The molecule has 0 aromatic carbocycles. The number of fused-ring (bicyclic) bond motifs is 3. The van der Waals surface area contributed by atoms with Crippen LogP contribution in [-0.4, -0.2) is 41.0 Å². The Morgan fingerprint density at radius 3 is 2.93 bits per heavy atom. The van der Waals surface area contributed by atoms with Gasteiger partial charge in [0.05, 0.1) is 24.3 Å². The van der Waals surface area contributed by atoms with Gasteiger partial charge in [-0.2, -0.15) is 0 Å². The maximum Gasteiger partial charge on any atom is 0.263 e. The van der Waals surface area contributed by atoms with Gasteiger partial charge in [0.25, 0.3) is 5.56 Å². The SMILES string of the molecule is COCCn1c(SCC(=O)N[C@@H]2CCCC[C@H]2C)nc2sc3c(c2c1=O)CCC3. The predicted octanol–water partition coefficient (Wildman–Crippen LogP) is 3.38. The molecule has 2 aromatic rings. The standard InChI is InChI=1S/C21H29N3O3S2/c1-13-6-3-4-8-15(13)22-17(25)12-28-21-23-19-18(14-7-5-9-16(14)29-19)20(26)24(21)10-11-27-2/h13,15H,3-12H2,1-2H3,(H,22,25)/t13-,15-/m1/s1. The van der Waals surface area contributed by atoms with Gasteiger partial charge in [0.2, 0.25) is 5.91 Å². The summed E-state index contributed by atoms with van der Waals surface area (Å²) in [5.41, 5.74) is 1.20. The molecule has 8 heteroatoms. The van der Waals surface area contributed by atoms with Gasteiger partial charge in [0.15, 0.2) is 5.16 Å². The molecular weight excluding hydrogens is 406 g/mol. The number of carbonyl (C=O) groups is 1. The summed E-state index contributed by atoms with van der Waals surface area (Å²) in [5.74, 6) is 0.829. The number of aryl methyl sites for hydroxylation is 2. The highest BCUT2D eigenvalue weighted by atomic mass is 32.2. The molecule has 6 nitrogen and oxygen atoms in total. The number of nitrogens with zero attached hydrogens (tertiary/aromatic N) is 2. The Balaban J connectivity index is 1.54. The number of methoxy groups -OCH3 is 1. The van der Waals surface area contributed by atoms with Crippen molar-refractivity contribution >= 4 is 39.2 Å². The normalized spacial score (nSPS) is 21.4. The van der Waals surface area contributed by atoms with Crippen LogP contribution in [0.2, 0.25) is 0 Å². The molecule has 1 amide bonds. The third-order valence-electron chi connectivity index (χ3n) is 6.10. The van der Waals surface area contributed by atoms with Crippen molar-refractivity contribution in [2.24, 2.45) is 5.92 Å². The predicted molar refractivity (Wildman–Crippen MR) is 118 cm³/mol. The van der Waals surface area contributed by atoms with Crippen LogP contribution in [0.4, 0.5) is 0 Å². The number of amides is 1. The van der Waals surface area contributed by atoms with Gasteiger partial charge >= 0.3 is 0 Å². The number of carbonyl (C=O) groups excluding carboxylic acids is 1. The van der Waals surface area contributed by atoms with Crippen LogP contribution in [0, 0.1) is 5.92 Å². The summed E-state index contributed by atoms with van der Waals surface area (Å²) in [6, 6.07) is 0.267. The summed E-state index contributed by atoms with van der Waals surface area (Å²) >= 11 is 3.00. The molecule has 2 aromatic heterocycles. The van der Waals surface area contributed by atoms with E-state index in [4.69, 9.17) is 9.72 Å². The molecule has 158 valence electrons. The van der Waals surface area contributed by atoms with E-state index in [1.54, 1.807) is 23.0 Å². The van der Waals surface area contributed by atoms with Crippen LogP contribution in [0.5, 0.6) is 0 Å². The maximum atomic E-state index is 13.2. The Morgan fingerprint density at radius 1 is 1.31 bits per heavy atom. The zero-order chi connectivity index (χ0) is 20.4. The minimum Gasteiger partial charge on any atom is -0.383 e. The number of rotatable bonds is 7. The molecule has 2 atom stereocenters. The van der Waals surface area contributed by atoms with Crippen LogP contribution < -0.4 is 10.9 Å². The first-order valence-corrected chi connectivity index (χ1v) is 12.3. The Morgan fingerprint density at radius 2 is 2.14 bits per heavy atom. The van der Waals surface area contributed by atoms with E-state index in [0.717, 1.165) is 35.9 Å². The number of hydrogen-bond donors (Lipinski definition) is 1. The van der Waals surface area contributed by atoms with Gasteiger partial charge in [-0.3, -0.25) is 14.2 Å². The molecule has 2 aliphatic rings. The van der Waals surface area contributed by atoms with Gasteiger partial charge in [0, 0.05) is 18.0 Å². The zero-order valence-electron chi connectivity index (χ0n) is 17.2.